The van der Waals surface area contributed by atoms with Gasteiger partial charge in [-0.2, -0.15) is 0 Å². The molecule has 7 nitrogen and oxygen atoms in total. The van der Waals surface area contributed by atoms with Gasteiger partial charge in [-0.05, 0) is 59.2 Å². The molecule has 0 bridgehead atoms. The molecule has 0 saturated heterocycles. The van der Waals surface area contributed by atoms with Crippen LogP contribution in [0.2, 0.25) is 0 Å². The van der Waals surface area contributed by atoms with Crippen molar-refractivity contribution in [3.63, 3.8) is 0 Å². The highest BCUT2D eigenvalue weighted by Gasteiger charge is 2.21. The fraction of sp³-hybridized carbons (Fsp3) is 0.500. The molecule has 0 spiro atoms. The second-order valence-electron chi connectivity index (χ2n) is 9.24. The van der Waals surface area contributed by atoms with E-state index in [1.54, 1.807) is 59.7 Å². The molecule has 1 aromatic rings. The smallest absolute Gasteiger partial charge is 0.412 e. The van der Waals surface area contributed by atoms with E-state index in [4.69, 9.17) is 20.6 Å². The van der Waals surface area contributed by atoms with Crippen molar-refractivity contribution in [2.45, 2.75) is 72.0 Å². The van der Waals surface area contributed by atoms with Crippen LogP contribution in [-0.2, 0) is 25.4 Å². The molecule has 0 atom stereocenters. The minimum absolute atomic E-state index is 0.0625. The number of hydrogen-bond donors (Lipinski definition) is 1. The van der Waals surface area contributed by atoms with Gasteiger partial charge >= 0.3 is 12.1 Å². The van der Waals surface area contributed by atoms with Gasteiger partial charge in [0.05, 0.1) is 12.1 Å². The van der Waals surface area contributed by atoms with Gasteiger partial charge in [0.15, 0.2) is 5.78 Å². The van der Waals surface area contributed by atoms with Crippen LogP contribution in [0.3, 0.4) is 0 Å². The number of carbonyl (C=O) groups is 3. The first-order valence-corrected chi connectivity index (χ1v) is 10.7. The lowest BCUT2D eigenvalue weighted by molar-refractivity contribution is -0.154. The van der Waals surface area contributed by atoms with Crippen LogP contribution in [0.1, 0.15) is 70.3 Å². The Hall–Kier alpha value is -3.29. The summed E-state index contributed by atoms with van der Waals surface area (Å²) in [5, 5.41) is 2.62. The van der Waals surface area contributed by atoms with Gasteiger partial charge in [0.25, 0.3) is 0 Å². The van der Waals surface area contributed by atoms with Crippen LogP contribution >= 0.6 is 0 Å². The highest BCUT2D eigenvalue weighted by atomic mass is 16.6. The molecule has 0 saturated carbocycles. The molecule has 0 aliphatic carbocycles. The summed E-state index contributed by atoms with van der Waals surface area (Å²) in [6.07, 6.45) is 4.67. The molecule has 0 radical (unpaired) electrons. The number of Topliss-reactive ketones (excluding diaryl/α,β-unsaturated/α-hetero) is 1. The van der Waals surface area contributed by atoms with Gasteiger partial charge in [0.2, 0.25) is 0 Å². The highest BCUT2D eigenvalue weighted by Crippen LogP contribution is 2.22. The molecule has 0 aromatic heterocycles. The Morgan fingerprint density at radius 2 is 1.61 bits per heavy atom. The molecule has 178 valence electrons. The van der Waals surface area contributed by atoms with Crippen molar-refractivity contribution in [3.05, 3.63) is 29.3 Å². The zero-order valence-electron chi connectivity index (χ0n) is 20.3. The molecule has 1 rings (SSSR count). The van der Waals surface area contributed by atoms with Crippen molar-refractivity contribution in [2.24, 2.45) is 0 Å². The van der Waals surface area contributed by atoms with Crippen LogP contribution in [0.15, 0.2) is 18.2 Å². The SMILES string of the molecule is C#CCOCC#CCc1ccc(NC(=O)OC(C)(C)C)c(C(=O)CCC(=O)OC(C)(C)C)c1. The third kappa shape index (κ3) is 12.4. The maximum Gasteiger partial charge on any atom is 0.412 e. The second kappa shape index (κ2) is 12.7. The molecule has 1 aromatic carbocycles. The molecule has 0 fully saturated rings. The number of ketones is 1. The number of carbonyl (C=O) groups excluding carboxylic acids is 3. The third-order valence-corrected chi connectivity index (χ3v) is 3.77. The van der Waals surface area contributed by atoms with Gasteiger partial charge < -0.3 is 14.2 Å². The predicted octanol–water partition coefficient (Wildman–Crippen LogP) is 4.53. The summed E-state index contributed by atoms with van der Waals surface area (Å²) in [4.78, 5) is 37.2. The summed E-state index contributed by atoms with van der Waals surface area (Å²) < 4.78 is 15.7. The molecular formula is C26H33NO6. The van der Waals surface area contributed by atoms with Crippen molar-refractivity contribution in [1.29, 1.82) is 0 Å². The number of hydrogen-bond acceptors (Lipinski definition) is 6. The van der Waals surface area contributed by atoms with E-state index in [-0.39, 0.29) is 37.4 Å². The lowest BCUT2D eigenvalue weighted by atomic mass is 10.00. The van der Waals surface area contributed by atoms with E-state index in [1.807, 2.05) is 0 Å². The van der Waals surface area contributed by atoms with Crippen LogP contribution in [-0.4, -0.2) is 42.3 Å². The largest absolute Gasteiger partial charge is 0.460 e. The number of benzene rings is 1. The molecule has 0 heterocycles. The second-order valence-corrected chi connectivity index (χ2v) is 9.24. The average molecular weight is 456 g/mol. The average Bonchev–Trinajstić information content (AvgIpc) is 2.67. The van der Waals surface area contributed by atoms with Gasteiger partial charge in [-0.15, -0.1) is 6.42 Å². The Labute approximate surface area is 196 Å². The molecule has 0 aliphatic rings. The predicted molar refractivity (Wildman–Crippen MR) is 127 cm³/mol. The standard InChI is InChI=1S/C26H33NO6/c1-8-16-31-17-10-9-11-19-12-13-21(27-24(30)33-26(5,6)7)20(18-19)22(28)14-15-23(29)32-25(2,3)4/h1,12-13,18H,11,14-17H2,2-7H3,(H,27,30). The van der Waals surface area contributed by atoms with Crippen LogP contribution in [0.4, 0.5) is 10.5 Å². The summed E-state index contributed by atoms with van der Waals surface area (Å²) in [7, 11) is 0. The summed E-state index contributed by atoms with van der Waals surface area (Å²) in [5.74, 6) is 7.39. The molecule has 1 amide bonds. The van der Waals surface area contributed by atoms with Crippen molar-refractivity contribution < 1.29 is 28.6 Å². The van der Waals surface area contributed by atoms with Crippen molar-refractivity contribution in [1.82, 2.24) is 0 Å². The number of amides is 1. The molecular weight excluding hydrogens is 422 g/mol. The number of ether oxygens (including phenoxy) is 3. The van der Waals surface area contributed by atoms with Crippen molar-refractivity contribution in [2.75, 3.05) is 18.5 Å². The van der Waals surface area contributed by atoms with E-state index in [1.165, 1.54) is 0 Å². The first-order chi connectivity index (χ1) is 15.3. The van der Waals surface area contributed by atoms with Gasteiger partial charge in [0, 0.05) is 18.4 Å². The maximum absolute atomic E-state index is 12.9. The van der Waals surface area contributed by atoms with E-state index in [0.29, 0.717) is 12.1 Å². The van der Waals surface area contributed by atoms with Gasteiger partial charge in [-0.3, -0.25) is 14.9 Å². The Balaban J connectivity index is 3.01. The zero-order valence-corrected chi connectivity index (χ0v) is 20.3. The molecule has 33 heavy (non-hydrogen) atoms. The lowest BCUT2D eigenvalue weighted by Crippen LogP contribution is -2.28. The Morgan fingerprint density at radius 1 is 0.939 bits per heavy atom. The quantitative estimate of drug-likeness (QED) is 0.268. The van der Waals surface area contributed by atoms with E-state index in [9.17, 15) is 14.4 Å². The molecule has 7 heteroatoms. The lowest BCUT2D eigenvalue weighted by Gasteiger charge is -2.21. The van der Waals surface area contributed by atoms with Crippen LogP contribution in [0.5, 0.6) is 0 Å². The van der Waals surface area contributed by atoms with Gasteiger partial charge in [-0.1, -0.05) is 23.8 Å². The fourth-order valence-electron chi connectivity index (χ4n) is 2.57. The topological polar surface area (TPSA) is 90.9 Å². The number of rotatable bonds is 8. The van der Waals surface area contributed by atoms with Gasteiger partial charge in [-0.25, -0.2) is 4.79 Å². The monoisotopic (exact) mass is 455 g/mol. The van der Waals surface area contributed by atoms with Crippen LogP contribution in [0.25, 0.3) is 0 Å². The molecule has 1 N–H and O–H groups in total. The fourth-order valence-corrected chi connectivity index (χ4v) is 2.57. The van der Waals surface area contributed by atoms with E-state index >= 15 is 0 Å². The normalized spacial score (nSPS) is 10.9. The number of nitrogens with one attached hydrogen (secondary N) is 1. The van der Waals surface area contributed by atoms with Crippen molar-refractivity contribution >= 4 is 23.5 Å². The van der Waals surface area contributed by atoms with E-state index < -0.39 is 23.3 Å². The third-order valence-electron chi connectivity index (χ3n) is 3.77. The minimum Gasteiger partial charge on any atom is -0.460 e. The summed E-state index contributed by atoms with van der Waals surface area (Å²) >= 11 is 0. The maximum atomic E-state index is 12.9. The highest BCUT2D eigenvalue weighted by molar-refractivity contribution is 6.04. The summed E-state index contributed by atoms with van der Waals surface area (Å²) in [6, 6.07) is 5.03. The molecule has 0 unspecified atom stereocenters. The zero-order chi connectivity index (χ0) is 25.1. The number of anilines is 1. The first kappa shape index (κ1) is 27.7. The summed E-state index contributed by atoms with van der Waals surface area (Å²) in [6.45, 7) is 10.9. The van der Waals surface area contributed by atoms with Crippen LogP contribution < -0.4 is 5.32 Å². The van der Waals surface area contributed by atoms with E-state index in [0.717, 1.165) is 5.56 Å². The van der Waals surface area contributed by atoms with E-state index in [2.05, 4.69) is 23.1 Å². The first-order valence-electron chi connectivity index (χ1n) is 10.7. The Morgan fingerprint density at radius 3 is 2.21 bits per heavy atom. The van der Waals surface area contributed by atoms with Crippen molar-refractivity contribution in [3.8, 4) is 24.2 Å². The van der Waals surface area contributed by atoms with Gasteiger partial charge in [0.1, 0.15) is 24.4 Å². The number of terminal acetylenes is 1. The molecule has 0 aliphatic heterocycles. The Kier molecular flexibility index (Phi) is 10.7. The Bertz CT molecular complexity index is 948. The summed E-state index contributed by atoms with van der Waals surface area (Å²) in [5.41, 5.74) is 0.0169. The number of esters is 1. The minimum atomic E-state index is -0.692. The van der Waals surface area contributed by atoms with Crippen LogP contribution in [0, 0.1) is 24.2 Å².